The van der Waals surface area contributed by atoms with Crippen LogP contribution in [-0.2, 0) is 20.9 Å². The van der Waals surface area contributed by atoms with Crippen molar-refractivity contribution in [2.24, 2.45) is 5.73 Å². The Morgan fingerprint density at radius 1 is 1.14 bits per heavy atom. The molecule has 1 unspecified atom stereocenters. The second kappa shape index (κ2) is 12.2. The topological polar surface area (TPSA) is 256 Å². The molecular weight excluding hydrogens is 464 g/mol. The molecule has 184 valence electrons. The molecule has 0 aliphatic carbocycles. The molecule has 0 fully saturated rings. The van der Waals surface area contributed by atoms with Crippen molar-refractivity contribution in [2.45, 2.75) is 25.4 Å². The molecule has 0 saturated carbocycles. The van der Waals surface area contributed by atoms with E-state index in [0.29, 0.717) is 11.4 Å². The maximum atomic E-state index is 12.3. The van der Waals surface area contributed by atoms with Crippen molar-refractivity contribution in [3.63, 3.8) is 0 Å². The SMILES string of the molecule is NC=O.Nc1nc2ncc(CNc3ccc(C(=O)NC(CCC(=O)O)C(=O)O)cc3)nc2c(=O)[nH]1. The van der Waals surface area contributed by atoms with Gasteiger partial charge in [-0.3, -0.25) is 24.2 Å². The van der Waals surface area contributed by atoms with Crippen molar-refractivity contribution in [1.82, 2.24) is 25.3 Å². The van der Waals surface area contributed by atoms with Crippen LogP contribution in [0.1, 0.15) is 28.9 Å². The van der Waals surface area contributed by atoms with Crippen LogP contribution in [0.3, 0.4) is 0 Å². The Bertz CT molecular complexity index is 1280. The van der Waals surface area contributed by atoms with Gasteiger partial charge in [0.1, 0.15) is 6.04 Å². The van der Waals surface area contributed by atoms with Crippen molar-refractivity contribution < 1.29 is 29.4 Å². The number of aliphatic carboxylic acids is 2. The number of hydrogen-bond donors (Lipinski definition) is 7. The molecule has 0 aliphatic rings. The summed E-state index contributed by atoms with van der Waals surface area (Å²) in [5.74, 6) is -3.16. The average molecular weight is 486 g/mol. The second-order valence-corrected chi connectivity index (χ2v) is 6.85. The zero-order valence-corrected chi connectivity index (χ0v) is 18.1. The number of fused-ring (bicyclic) bond motifs is 1. The Hall–Kier alpha value is -5.08. The lowest BCUT2D eigenvalue weighted by Crippen LogP contribution is -2.41. The highest BCUT2D eigenvalue weighted by atomic mass is 16.4. The van der Waals surface area contributed by atoms with Crippen LogP contribution in [0.25, 0.3) is 11.2 Å². The maximum absolute atomic E-state index is 12.3. The fourth-order valence-corrected chi connectivity index (χ4v) is 2.75. The normalized spacial score (nSPS) is 11.0. The lowest BCUT2D eigenvalue weighted by Gasteiger charge is -2.14. The third-order valence-corrected chi connectivity index (χ3v) is 4.36. The van der Waals surface area contributed by atoms with Crippen LogP contribution in [-0.4, -0.2) is 60.4 Å². The average Bonchev–Trinajstić information content (AvgIpc) is 2.81. The van der Waals surface area contributed by atoms with E-state index in [2.05, 4.69) is 36.3 Å². The highest BCUT2D eigenvalue weighted by Crippen LogP contribution is 2.12. The van der Waals surface area contributed by atoms with Gasteiger partial charge in [0.25, 0.3) is 11.5 Å². The van der Waals surface area contributed by atoms with Gasteiger partial charge in [-0.25, -0.2) is 14.8 Å². The summed E-state index contributed by atoms with van der Waals surface area (Å²) in [5, 5.41) is 23.2. The van der Waals surface area contributed by atoms with Gasteiger partial charge in [-0.05, 0) is 30.7 Å². The van der Waals surface area contributed by atoms with Gasteiger partial charge < -0.3 is 32.3 Å². The van der Waals surface area contributed by atoms with Gasteiger partial charge in [0, 0.05) is 17.7 Å². The van der Waals surface area contributed by atoms with Gasteiger partial charge in [-0.2, -0.15) is 4.98 Å². The molecule has 2 aromatic heterocycles. The number of carbonyl (C=O) groups is 4. The number of nitrogen functional groups attached to an aromatic ring is 1. The smallest absolute Gasteiger partial charge is 0.326 e. The van der Waals surface area contributed by atoms with E-state index in [1.807, 2.05) is 0 Å². The van der Waals surface area contributed by atoms with Gasteiger partial charge in [0.05, 0.1) is 18.4 Å². The van der Waals surface area contributed by atoms with Crippen LogP contribution in [0.15, 0.2) is 35.3 Å². The molecule has 3 rings (SSSR count). The second-order valence-electron chi connectivity index (χ2n) is 6.85. The molecule has 3 aromatic rings. The minimum atomic E-state index is -1.31. The molecule has 35 heavy (non-hydrogen) atoms. The number of nitrogens with two attached hydrogens (primary N) is 2. The van der Waals surface area contributed by atoms with E-state index in [4.69, 9.17) is 20.7 Å². The Labute approximate surface area is 196 Å². The van der Waals surface area contributed by atoms with Gasteiger partial charge in [0.2, 0.25) is 12.4 Å². The third-order valence-electron chi connectivity index (χ3n) is 4.36. The molecule has 1 aromatic carbocycles. The Balaban J connectivity index is 0.00000137. The molecule has 0 radical (unpaired) electrons. The number of anilines is 2. The largest absolute Gasteiger partial charge is 0.481 e. The standard InChI is InChI=1S/C19H19N7O6.CH3NO/c20-19-25-15-14(17(30)26-19)23-11(8-22-15)7-21-10-3-1-9(2-4-10)16(29)24-12(18(31)32)5-6-13(27)28;2-1-3/h1-4,8,12,21H,5-7H2,(H,24,29)(H,27,28)(H,31,32)(H3,20,22,25,26,30);1H,(H2,2,3). The summed E-state index contributed by atoms with van der Waals surface area (Å²) in [7, 11) is 0. The van der Waals surface area contributed by atoms with Crippen LogP contribution in [0.5, 0.6) is 0 Å². The summed E-state index contributed by atoms with van der Waals surface area (Å²) < 4.78 is 0. The van der Waals surface area contributed by atoms with E-state index in [1.54, 1.807) is 12.1 Å². The number of aromatic nitrogens is 4. The minimum absolute atomic E-state index is 0.0524. The van der Waals surface area contributed by atoms with Crippen molar-refractivity contribution in [3.8, 4) is 0 Å². The van der Waals surface area contributed by atoms with E-state index in [9.17, 15) is 19.2 Å². The first kappa shape index (κ1) is 26.2. The van der Waals surface area contributed by atoms with E-state index >= 15 is 0 Å². The number of hydrogen-bond acceptors (Lipinski definition) is 10. The van der Waals surface area contributed by atoms with Crippen molar-refractivity contribution in [1.29, 1.82) is 0 Å². The number of carboxylic acids is 2. The Kier molecular flexibility index (Phi) is 9.15. The molecule has 0 saturated heterocycles. The number of nitrogens with zero attached hydrogens (tertiary/aromatic N) is 3. The zero-order chi connectivity index (χ0) is 26.0. The van der Waals surface area contributed by atoms with Gasteiger partial charge >= 0.3 is 11.9 Å². The predicted octanol–water partition coefficient (Wildman–Crippen LogP) is -0.943. The Morgan fingerprint density at radius 3 is 2.40 bits per heavy atom. The summed E-state index contributed by atoms with van der Waals surface area (Å²) >= 11 is 0. The first-order valence-electron chi connectivity index (χ1n) is 9.90. The molecule has 2 heterocycles. The molecule has 9 N–H and O–H groups in total. The van der Waals surface area contributed by atoms with Crippen LogP contribution in [0, 0.1) is 0 Å². The number of H-pyrrole nitrogens is 1. The highest BCUT2D eigenvalue weighted by Gasteiger charge is 2.21. The Morgan fingerprint density at radius 2 is 1.80 bits per heavy atom. The summed E-state index contributed by atoms with van der Waals surface area (Å²) in [5.41, 5.74) is 10.6. The lowest BCUT2D eigenvalue weighted by molar-refractivity contribution is -0.140. The molecule has 15 heteroatoms. The number of rotatable bonds is 9. The van der Waals surface area contributed by atoms with Crippen LogP contribution >= 0.6 is 0 Å². The van der Waals surface area contributed by atoms with Gasteiger partial charge in [0.15, 0.2) is 11.2 Å². The number of nitrogens with one attached hydrogen (secondary N) is 3. The van der Waals surface area contributed by atoms with Crippen LogP contribution < -0.4 is 27.7 Å². The minimum Gasteiger partial charge on any atom is -0.481 e. The summed E-state index contributed by atoms with van der Waals surface area (Å²) in [6, 6.07) is 4.86. The molecular formula is C20H22N8O7. The predicted molar refractivity (Wildman–Crippen MR) is 122 cm³/mol. The van der Waals surface area contributed by atoms with Crippen LogP contribution in [0.4, 0.5) is 11.6 Å². The number of carbonyl (C=O) groups excluding carboxylic acids is 2. The van der Waals surface area contributed by atoms with Gasteiger partial charge in [-0.1, -0.05) is 0 Å². The quantitative estimate of drug-likeness (QED) is 0.181. The van der Waals surface area contributed by atoms with Crippen molar-refractivity contribution >= 4 is 47.1 Å². The molecule has 0 spiro atoms. The first-order valence-corrected chi connectivity index (χ1v) is 9.90. The monoisotopic (exact) mass is 486 g/mol. The highest BCUT2D eigenvalue weighted by molar-refractivity contribution is 5.96. The van der Waals surface area contributed by atoms with Crippen LogP contribution in [0.2, 0.25) is 0 Å². The molecule has 2 amide bonds. The summed E-state index contributed by atoms with van der Waals surface area (Å²) in [6.45, 7) is 0.231. The zero-order valence-electron chi connectivity index (χ0n) is 18.1. The van der Waals surface area contributed by atoms with E-state index < -0.39 is 29.4 Å². The number of carboxylic acid groups (broad SMARTS) is 2. The lowest BCUT2D eigenvalue weighted by atomic mass is 10.1. The first-order chi connectivity index (χ1) is 16.6. The number of aromatic amines is 1. The number of primary amides is 1. The molecule has 1 atom stereocenters. The maximum Gasteiger partial charge on any atom is 0.326 e. The molecule has 0 aliphatic heterocycles. The van der Waals surface area contributed by atoms with E-state index in [-0.39, 0.29) is 48.5 Å². The number of benzene rings is 1. The summed E-state index contributed by atoms with van der Waals surface area (Å²) in [4.78, 5) is 69.1. The third kappa shape index (κ3) is 7.77. The van der Waals surface area contributed by atoms with Crippen molar-refractivity contribution in [2.75, 3.05) is 11.1 Å². The van der Waals surface area contributed by atoms with E-state index in [0.717, 1.165) is 0 Å². The molecule has 0 bridgehead atoms. The van der Waals surface area contributed by atoms with E-state index in [1.165, 1.54) is 18.3 Å². The fourth-order valence-electron chi connectivity index (χ4n) is 2.75. The van der Waals surface area contributed by atoms with Crippen molar-refractivity contribution in [3.05, 3.63) is 52.1 Å². The summed E-state index contributed by atoms with van der Waals surface area (Å²) in [6.07, 6.45) is 1.09. The number of amides is 2. The fraction of sp³-hybridized carbons (Fsp3) is 0.200. The molecule has 15 nitrogen and oxygen atoms in total. The van der Waals surface area contributed by atoms with Gasteiger partial charge in [-0.15, -0.1) is 0 Å².